The fourth-order valence-electron chi connectivity index (χ4n) is 2.40. The van der Waals surface area contributed by atoms with Gasteiger partial charge in [0.25, 0.3) is 0 Å². The molecule has 0 spiro atoms. The molecule has 0 fully saturated rings. The third-order valence-electron chi connectivity index (χ3n) is 3.41. The van der Waals surface area contributed by atoms with Crippen molar-refractivity contribution >= 4 is 11.0 Å². The van der Waals surface area contributed by atoms with Gasteiger partial charge >= 0.3 is 0 Å². The van der Waals surface area contributed by atoms with Crippen molar-refractivity contribution in [2.75, 3.05) is 7.11 Å². The fourth-order valence-corrected chi connectivity index (χ4v) is 2.40. The SMILES string of the molecule is COc1ccc2c(c1)nc(CO)n2Cc1cccc(F)c1. The van der Waals surface area contributed by atoms with E-state index in [1.165, 1.54) is 12.1 Å². The van der Waals surface area contributed by atoms with Crippen molar-refractivity contribution in [3.8, 4) is 5.75 Å². The Balaban J connectivity index is 2.08. The summed E-state index contributed by atoms with van der Waals surface area (Å²) in [7, 11) is 1.60. The Morgan fingerprint density at radius 2 is 2.10 bits per heavy atom. The van der Waals surface area contributed by atoms with Gasteiger partial charge in [-0.2, -0.15) is 0 Å². The van der Waals surface area contributed by atoms with Gasteiger partial charge in [-0.05, 0) is 29.8 Å². The third-order valence-corrected chi connectivity index (χ3v) is 3.41. The molecular weight excluding hydrogens is 271 g/mol. The number of imidazole rings is 1. The highest BCUT2D eigenvalue weighted by Gasteiger charge is 2.11. The van der Waals surface area contributed by atoms with Gasteiger partial charge < -0.3 is 14.4 Å². The van der Waals surface area contributed by atoms with Crippen molar-refractivity contribution in [1.82, 2.24) is 9.55 Å². The molecule has 0 aliphatic heterocycles. The van der Waals surface area contributed by atoms with Gasteiger partial charge in [0.2, 0.25) is 0 Å². The molecule has 1 N–H and O–H groups in total. The van der Waals surface area contributed by atoms with Crippen LogP contribution in [0.25, 0.3) is 11.0 Å². The van der Waals surface area contributed by atoms with Gasteiger partial charge in [-0.25, -0.2) is 9.37 Å². The van der Waals surface area contributed by atoms with Crippen molar-refractivity contribution in [3.05, 3.63) is 59.7 Å². The summed E-state index contributed by atoms with van der Waals surface area (Å²) in [6.45, 7) is 0.281. The largest absolute Gasteiger partial charge is 0.497 e. The van der Waals surface area contributed by atoms with Crippen LogP contribution in [-0.2, 0) is 13.2 Å². The summed E-state index contributed by atoms with van der Waals surface area (Å²) in [5.74, 6) is 0.981. The predicted octanol–water partition coefficient (Wildman–Crippen LogP) is 2.72. The molecule has 0 atom stereocenters. The van der Waals surface area contributed by atoms with Gasteiger partial charge in [0, 0.05) is 12.6 Å². The summed E-state index contributed by atoms with van der Waals surface area (Å²) in [6.07, 6.45) is 0. The molecule has 3 aromatic rings. The third kappa shape index (κ3) is 2.60. The second-order valence-electron chi connectivity index (χ2n) is 4.76. The van der Waals surface area contributed by atoms with E-state index in [4.69, 9.17) is 4.74 Å². The molecule has 0 saturated heterocycles. The number of ether oxygens (including phenoxy) is 1. The van der Waals surface area contributed by atoms with E-state index in [0.29, 0.717) is 18.1 Å². The minimum absolute atomic E-state index is 0.174. The lowest BCUT2D eigenvalue weighted by Crippen LogP contribution is -2.05. The van der Waals surface area contributed by atoms with Crippen LogP contribution in [0.2, 0.25) is 0 Å². The number of aliphatic hydroxyl groups is 1. The lowest BCUT2D eigenvalue weighted by molar-refractivity contribution is 0.267. The standard InChI is InChI=1S/C16H15FN2O2/c1-21-13-5-6-15-14(8-13)18-16(10-20)19(15)9-11-3-2-4-12(17)7-11/h2-8,20H,9-10H2,1H3. The average molecular weight is 286 g/mol. The highest BCUT2D eigenvalue weighted by molar-refractivity contribution is 5.78. The van der Waals surface area contributed by atoms with Crippen molar-refractivity contribution in [2.24, 2.45) is 0 Å². The minimum atomic E-state index is -0.274. The fraction of sp³-hybridized carbons (Fsp3) is 0.188. The van der Waals surface area contributed by atoms with Crippen molar-refractivity contribution in [1.29, 1.82) is 0 Å². The monoisotopic (exact) mass is 286 g/mol. The van der Waals surface area contributed by atoms with E-state index >= 15 is 0 Å². The molecule has 4 nitrogen and oxygen atoms in total. The molecule has 3 rings (SSSR count). The Morgan fingerprint density at radius 3 is 2.81 bits per heavy atom. The van der Waals surface area contributed by atoms with Gasteiger partial charge in [0.05, 0.1) is 18.1 Å². The van der Waals surface area contributed by atoms with Crippen LogP contribution >= 0.6 is 0 Å². The number of nitrogens with zero attached hydrogens (tertiary/aromatic N) is 2. The topological polar surface area (TPSA) is 47.3 Å². The second-order valence-corrected chi connectivity index (χ2v) is 4.76. The number of fused-ring (bicyclic) bond motifs is 1. The van der Waals surface area contributed by atoms with E-state index in [0.717, 1.165) is 16.6 Å². The molecular formula is C16H15FN2O2. The van der Waals surface area contributed by atoms with E-state index < -0.39 is 0 Å². The molecule has 5 heteroatoms. The van der Waals surface area contributed by atoms with E-state index in [1.807, 2.05) is 28.8 Å². The first-order valence-electron chi connectivity index (χ1n) is 6.59. The molecule has 0 saturated carbocycles. The van der Waals surface area contributed by atoms with Crippen molar-refractivity contribution in [3.63, 3.8) is 0 Å². The Morgan fingerprint density at radius 1 is 1.24 bits per heavy atom. The number of hydrogen-bond acceptors (Lipinski definition) is 3. The van der Waals surface area contributed by atoms with E-state index in [2.05, 4.69) is 4.98 Å². The quantitative estimate of drug-likeness (QED) is 0.802. The lowest BCUT2D eigenvalue weighted by Gasteiger charge is -2.08. The van der Waals surface area contributed by atoms with Gasteiger partial charge in [-0.1, -0.05) is 12.1 Å². The number of benzene rings is 2. The Labute approximate surface area is 121 Å². The number of aromatic nitrogens is 2. The van der Waals surface area contributed by atoms with Crippen LogP contribution in [0.3, 0.4) is 0 Å². The van der Waals surface area contributed by atoms with Crippen LogP contribution in [0.15, 0.2) is 42.5 Å². The highest BCUT2D eigenvalue weighted by Crippen LogP contribution is 2.23. The lowest BCUT2D eigenvalue weighted by atomic mass is 10.2. The molecule has 108 valence electrons. The molecule has 0 radical (unpaired) electrons. The second kappa shape index (κ2) is 5.54. The number of hydrogen-bond donors (Lipinski definition) is 1. The molecule has 0 unspecified atom stereocenters. The van der Waals surface area contributed by atoms with Crippen LogP contribution < -0.4 is 4.74 Å². The van der Waals surface area contributed by atoms with Crippen molar-refractivity contribution in [2.45, 2.75) is 13.2 Å². The summed E-state index contributed by atoms with van der Waals surface area (Å²) in [5.41, 5.74) is 2.44. The zero-order chi connectivity index (χ0) is 14.8. The molecule has 1 heterocycles. The maximum absolute atomic E-state index is 13.3. The van der Waals surface area contributed by atoms with Crippen LogP contribution in [-0.4, -0.2) is 21.8 Å². The first-order valence-corrected chi connectivity index (χ1v) is 6.59. The molecule has 0 bridgehead atoms. The average Bonchev–Trinajstić information content (AvgIpc) is 2.84. The summed E-state index contributed by atoms with van der Waals surface area (Å²) >= 11 is 0. The smallest absolute Gasteiger partial charge is 0.136 e. The van der Waals surface area contributed by atoms with Gasteiger partial charge in [-0.15, -0.1) is 0 Å². The Kier molecular flexibility index (Phi) is 3.58. The normalized spacial score (nSPS) is 11.0. The number of rotatable bonds is 4. The Hall–Kier alpha value is -2.40. The predicted molar refractivity (Wildman–Crippen MR) is 77.7 cm³/mol. The van der Waals surface area contributed by atoms with Crippen molar-refractivity contribution < 1.29 is 14.2 Å². The zero-order valence-corrected chi connectivity index (χ0v) is 11.6. The number of aliphatic hydroxyl groups excluding tert-OH is 1. The first kappa shape index (κ1) is 13.6. The number of halogens is 1. The van der Waals surface area contributed by atoms with Crippen LogP contribution in [0.1, 0.15) is 11.4 Å². The molecule has 0 aliphatic carbocycles. The zero-order valence-electron chi connectivity index (χ0n) is 11.6. The van der Waals surface area contributed by atoms with Crippen LogP contribution in [0.4, 0.5) is 4.39 Å². The first-order chi connectivity index (χ1) is 10.2. The van der Waals surface area contributed by atoms with E-state index in [-0.39, 0.29) is 12.4 Å². The molecule has 0 amide bonds. The van der Waals surface area contributed by atoms with E-state index in [1.54, 1.807) is 13.2 Å². The Bertz CT molecular complexity index is 783. The van der Waals surface area contributed by atoms with Gasteiger partial charge in [0.15, 0.2) is 0 Å². The summed E-state index contributed by atoms with van der Waals surface area (Å²) in [5, 5.41) is 9.49. The van der Waals surface area contributed by atoms with Gasteiger partial charge in [-0.3, -0.25) is 0 Å². The summed E-state index contributed by atoms with van der Waals surface area (Å²) in [4.78, 5) is 4.40. The highest BCUT2D eigenvalue weighted by atomic mass is 19.1. The maximum Gasteiger partial charge on any atom is 0.136 e. The summed E-state index contributed by atoms with van der Waals surface area (Å²) in [6, 6.07) is 12.0. The number of methoxy groups -OCH3 is 1. The van der Waals surface area contributed by atoms with Crippen LogP contribution in [0.5, 0.6) is 5.75 Å². The molecule has 21 heavy (non-hydrogen) atoms. The summed E-state index contributed by atoms with van der Waals surface area (Å²) < 4.78 is 20.4. The van der Waals surface area contributed by atoms with Gasteiger partial charge in [0.1, 0.15) is 24.0 Å². The van der Waals surface area contributed by atoms with Crippen LogP contribution in [0, 0.1) is 5.82 Å². The maximum atomic E-state index is 13.3. The molecule has 0 aliphatic rings. The van der Waals surface area contributed by atoms with E-state index in [9.17, 15) is 9.50 Å². The molecule has 1 aromatic heterocycles. The minimum Gasteiger partial charge on any atom is -0.497 e. The molecule has 2 aromatic carbocycles.